The van der Waals surface area contributed by atoms with Gasteiger partial charge in [-0.3, -0.25) is 4.90 Å². The zero-order chi connectivity index (χ0) is 19.3. The zero-order valence-corrected chi connectivity index (χ0v) is 16.0. The lowest BCUT2D eigenvalue weighted by molar-refractivity contribution is 0.0342. The summed E-state index contributed by atoms with van der Waals surface area (Å²) in [5.41, 5.74) is 4.86. The number of nitrogens with one attached hydrogen (secondary N) is 2. The Hall–Kier alpha value is -2.90. The third kappa shape index (κ3) is 4.68. The average molecular weight is 379 g/mol. The van der Waals surface area contributed by atoms with Crippen molar-refractivity contribution in [2.24, 2.45) is 0 Å². The number of carbonyl (C=O) groups excluding carboxylic acids is 1. The number of carbonyl (C=O) groups is 1. The van der Waals surface area contributed by atoms with Crippen LogP contribution in [0.15, 0.2) is 48.8 Å². The summed E-state index contributed by atoms with van der Waals surface area (Å²) in [4.78, 5) is 19.1. The van der Waals surface area contributed by atoms with Gasteiger partial charge in [0.15, 0.2) is 0 Å². The number of urea groups is 1. The molecule has 2 amide bonds. The molecule has 1 aromatic carbocycles. The lowest BCUT2D eigenvalue weighted by Gasteiger charge is -2.26. The topological polar surface area (TPSA) is 70.9 Å². The Morgan fingerprint density at radius 1 is 1.11 bits per heavy atom. The van der Waals surface area contributed by atoms with E-state index in [2.05, 4.69) is 32.7 Å². The standard InChI is InChI=1S/C21H25N5O2/c1-16-2-7-20-23-19(15-26(20)13-16)12-22-21(27)24-18-5-3-17(4-6-18)14-25-8-10-28-11-9-25/h2-7,13,15H,8-12,14H2,1H3,(H2,22,24,27). The van der Waals surface area contributed by atoms with Crippen LogP contribution in [0, 0.1) is 6.92 Å². The highest BCUT2D eigenvalue weighted by Crippen LogP contribution is 2.13. The fraction of sp³-hybridized carbons (Fsp3) is 0.333. The second-order valence-corrected chi connectivity index (χ2v) is 7.10. The molecule has 7 heteroatoms. The van der Waals surface area contributed by atoms with Crippen LogP contribution in [0.5, 0.6) is 0 Å². The molecule has 1 aliphatic heterocycles. The number of aromatic nitrogens is 2. The number of hydrogen-bond donors (Lipinski definition) is 2. The third-order valence-corrected chi connectivity index (χ3v) is 4.80. The van der Waals surface area contributed by atoms with Gasteiger partial charge in [0, 0.05) is 37.7 Å². The van der Waals surface area contributed by atoms with Crippen molar-refractivity contribution in [3.8, 4) is 0 Å². The van der Waals surface area contributed by atoms with Gasteiger partial charge in [-0.05, 0) is 36.2 Å². The van der Waals surface area contributed by atoms with Crippen molar-refractivity contribution >= 4 is 17.4 Å². The summed E-state index contributed by atoms with van der Waals surface area (Å²) in [5, 5.41) is 5.72. The zero-order valence-electron chi connectivity index (χ0n) is 16.0. The van der Waals surface area contributed by atoms with Crippen molar-refractivity contribution in [3.63, 3.8) is 0 Å². The minimum absolute atomic E-state index is 0.242. The van der Waals surface area contributed by atoms with E-state index >= 15 is 0 Å². The van der Waals surface area contributed by atoms with Gasteiger partial charge in [0.2, 0.25) is 0 Å². The summed E-state index contributed by atoms with van der Waals surface area (Å²) in [5.74, 6) is 0. The Balaban J connectivity index is 1.28. The number of fused-ring (bicyclic) bond motifs is 1. The van der Waals surface area contributed by atoms with E-state index in [0.29, 0.717) is 6.54 Å². The molecule has 4 rings (SSSR count). The SMILES string of the molecule is Cc1ccc2nc(CNC(=O)Nc3ccc(CN4CCOCC4)cc3)cn2c1. The molecule has 146 valence electrons. The van der Waals surface area contributed by atoms with Crippen LogP contribution in [0.3, 0.4) is 0 Å². The molecule has 28 heavy (non-hydrogen) atoms. The van der Waals surface area contributed by atoms with Gasteiger partial charge >= 0.3 is 6.03 Å². The number of rotatable bonds is 5. The Kier molecular flexibility index (Phi) is 5.55. The van der Waals surface area contributed by atoms with Gasteiger partial charge in [-0.2, -0.15) is 0 Å². The maximum Gasteiger partial charge on any atom is 0.319 e. The van der Waals surface area contributed by atoms with Gasteiger partial charge in [0.05, 0.1) is 25.5 Å². The number of aryl methyl sites for hydroxylation is 1. The van der Waals surface area contributed by atoms with Crippen LogP contribution in [0.1, 0.15) is 16.8 Å². The fourth-order valence-electron chi connectivity index (χ4n) is 3.30. The van der Waals surface area contributed by atoms with Crippen LogP contribution >= 0.6 is 0 Å². The highest BCUT2D eigenvalue weighted by Gasteiger charge is 2.11. The lowest BCUT2D eigenvalue weighted by Crippen LogP contribution is -2.35. The molecule has 1 aliphatic rings. The summed E-state index contributed by atoms with van der Waals surface area (Å²) in [6.45, 7) is 6.84. The summed E-state index contributed by atoms with van der Waals surface area (Å²) < 4.78 is 7.35. The number of imidazole rings is 1. The van der Waals surface area contributed by atoms with Crippen molar-refractivity contribution in [2.75, 3.05) is 31.6 Å². The number of benzene rings is 1. The van der Waals surface area contributed by atoms with E-state index in [-0.39, 0.29) is 6.03 Å². The molecule has 3 aromatic rings. The van der Waals surface area contributed by atoms with E-state index in [0.717, 1.165) is 49.9 Å². The summed E-state index contributed by atoms with van der Waals surface area (Å²) in [6, 6.07) is 11.7. The van der Waals surface area contributed by atoms with Crippen LogP contribution < -0.4 is 10.6 Å². The molecule has 7 nitrogen and oxygen atoms in total. The van der Waals surface area contributed by atoms with Gasteiger partial charge in [-0.1, -0.05) is 18.2 Å². The van der Waals surface area contributed by atoms with E-state index in [9.17, 15) is 4.79 Å². The van der Waals surface area contributed by atoms with Crippen LogP contribution in [0.4, 0.5) is 10.5 Å². The number of anilines is 1. The van der Waals surface area contributed by atoms with Crippen molar-refractivity contribution in [1.29, 1.82) is 0 Å². The molecule has 0 saturated carbocycles. The normalized spacial score (nSPS) is 14.9. The van der Waals surface area contributed by atoms with Gasteiger partial charge < -0.3 is 19.8 Å². The molecule has 0 aliphatic carbocycles. The van der Waals surface area contributed by atoms with Gasteiger partial charge in [0.25, 0.3) is 0 Å². The number of ether oxygens (including phenoxy) is 1. The van der Waals surface area contributed by atoms with Crippen LogP contribution in [-0.4, -0.2) is 46.6 Å². The molecule has 2 N–H and O–H groups in total. The van der Waals surface area contributed by atoms with Crippen LogP contribution in [0.25, 0.3) is 5.65 Å². The number of amides is 2. The van der Waals surface area contributed by atoms with E-state index in [4.69, 9.17) is 4.74 Å². The van der Waals surface area contributed by atoms with Crippen molar-refractivity contribution in [3.05, 3.63) is 65.6 Å². The first kappa shape index (κ1) is 18.5. The molecule has 0 bridgehead atoms. The van der Waals surface area contributed by atoms with E-state index in [1.165, 1.54) is 11.1 Å². The number of morpholine rings is 1. The molecule has 0 atom stereocenters. The molecular formula is C21H25N5O2. The minimum Gasteiger partial charge on any atom is -0.379 e. The first-order chi connectivity index (χ1) is 13.7. The molecular weight excluding hydrogens is 354 g/mol. The third-order valence-electron chi connectivity index (χ3n) is 4.80. The second kappa shape index (κ2) is 8.41. The largest absolute Gasteiger partial charge is 0.379 e. The summed E-state index contributed by atoms with van der Waals surface area (Å²) in [6.07, 6.45) is 3.95. The Morgan fingerprint density at radius 2 is 1.89 bits per heavy atom. The van der Waals surface area contributed by atoms with E-state index in [1.54, 1.807) is 0 Å². The van der Waals surface area contributed by atoms with Crippen LogP contribution in [0.2, 0.25) is 0 Å². The molecule has 3 heterocycles. The van der Waals surface area contributed by atoms with Gasteiger partial charge in [-0.25, -0.2) is 9.78 Å². The first-order valence-electron chi connectivity index (χ1n) is 9.54. The maximum absolute atomic E-state index is 12.2. The quantitative estimate of drug-likeness (QED) is 0.715. The number of pyridine rings is 1. The molecule has 0 unspecified atom stereocenters. The molecule has 1 fully saturated rings. The van der Waals surface area contributed by atoms with Gasteiger partial charge in [-0.15, -0.1) is 0 Å². The summed E-state index contributed by atoms with van der Waals surface area (Å²) >= 11 is 0. The second-order valence-electron chi connectivity index (χ2n) is 7.10. The molecule has 2 aromatic heterocycles. The molecule has 0 spiro atoms. The number of hydrogen-bond acceptors (Lipinski definition) is 4. The Bertz CT molecular complexity index is 945. The Labute approximate surface area is 164 Å². The first-order valence-corrected chi connectivity index (χ1v) is 9.54. The predicted octanol–water partition coefficient (Wildman–Crippen LogP) is 2.80. The van der Waals surface area contributed by atoms with Crippen molar-refractivity contribution in [1.82, 2.24) is 19.6 Å². The van der Waals surface area contributed by atoms with Crippen molar-refractivity contribution < 1.29 is 9.53 Å². The van der Waals surface area contributed by atoms with E-state index < -0.39 is 0 Å². The predicted molar refractivity (Wildman–Crippen MR) is 108 cm³/mol. The molecule has 0 radical (unpaired) electrons. The lowest BCUT2D eigenvalue weighted by atomic mass is 10.2. The van der Waals surface area contributed by atoms with Crippen molar-refractivity contribution in [2.45, 2.75) is 20.0 Å². The average Bonchev–Trinajstić information content (AvgIpc) is 3.11. The monoisotopic (exact) mass is 379 g/mol. The fourth-order valence-corrected chi connectivity index (χ4v) is 3.30. The number of nitrogens with zero attached hydrogens (tertiary/aromatic N) is 3. The summed E-state index contributed by atoms with van der Waals surface area (Å²) in [7, 11) is 0. The highest BCUT2D eigenvalue weighted by molar-refractivity contribution is 5.89. The van der Waals surface area contributed by atoms with Crippen LogP contribution in [-0.2, 0) is 17.8 Å². The highest BCUT2D eigenvalue weighted by atomic mass is 16.5. The molecule has 1 saturated heterocycles. The van der Waals surface area contributed by atoms with Gasteiger partial charge in [0.1, 0.15) is 5.65 Å². The Morgan fingerprint density at radius 3 is 2.68 bits per heavy atom. The smallest absolute Gasteiger partial charge is 0.319 e. The van der Waals surface area contributed by atoms with E-state index in [1.807, 2.05) is 48.0 Å². The minimum atomic E-state index is -0.242. The maximum atomic E-state index is 12.2.